The first-order chi connectivity index (χ1) is 11.4. The molecule has 0 aromatic heterocycles. The second-order valence-corrected chi connectivity index (χ2v) is 5.05. The molecule has 0 heterocycles. The molecule has 0 unspecified atom stereocenters. The molecule has 0 fully saturated rings. The lowest BCUT2D eigenvalue weighted by atomic mass is 10.1. The Kier molecular flexibility index (Phi) is 5.57. The van der Waals surface area contributed by atoms with E-state index in [4.69, 9.17) is 0 Å². The molecule has 24 heavy (non-hydrogen) atoms. The summed E-state index contributed by atoms with van der Waals surface area (Å²) in [5.41, 5.74) is 0.720. The zero-order chi connectivity index (χ0) is 17.7. The number of hydrogen-bond donors (Lipinski definition) is 2. The molecule has 0 spiro atoms. The second kappa shape index (κ2) is 7.63. The van der Waals surface area contributed by atoms with Gasteiger partial charge in [0.25, 0.3) is 11.8 Å². The SMILES string of the molecule is Cc1ccccc1C(=O)NCCNC(=O)c1ccc(F)c(F)c1F. The van der Waals surface area contributed by atoms with Crippen LogP contribution in [-0.4, -0.2) is 24.9 Å². The third-order valence-corrected chi connectivity index (χ3v) is 3.37. The summed E-state index contributed by atoms with van der Waals surface area (Å²) in [7, 11) is 0. The molecule has 0 atom stereocenters. The van der Waals surface area contributed by atoms with Crippen LogP contribution >= 0.6 is 0 Å². The summed E-state index contributed by atoms with van der Waals surface area (Å²) in [5, 5.41) is 4.93. The molecule has 2 amide bonds. The summed E-state index contributed by atoms with van der Waals surface area (Å²) in [6.07, 6.45) is 0. The number of carbonyl (C=O) groups is 2. The van der Waals surface area contributed by atoms with E-state index in [1.165, 1.54) is 0 Å². The largest absolute Gasteiger partial charge is 0.350 e. The van der Waals surface area contributed by atoms with Crippen molar-refractivity contribution in [2.75, 3.05) is 13.1 Å². The first kappa shape index (κ1) is 17.5. The number of hydrogen-bond acceptors (Lipinski definition) is 2. The number of halogens is 3. The maximum Gasteiger partial charge on any atom is 0.254 e. The molecule has 7 heteroatoms. The van der Waals surface area contributed by atoms with Crippen LogP contribution in [0, 0.1) is 24.4 Å². The van der Waals surface area contributed by atoms with Gasteiger partial charge in [-0.15, -0.1) is 0 Å². The van der Waals surface area contributed by atoms with Crippen molar-refractivity contribution in [2.45, 2.75) is 6.92 Å². The Hall–Kier alpha value is -2.83. The first-order valence-electron chi connectivity index (χ1n) is 7.17. The predicted octanol–water partition coefficient (Wildman–Crippen LogP) is 2.57. The van der Waals surface area contributed by atoms with Gasteiger partial charge >= 0.3 is 0 Å². The molecule has 0 aliphatic carbocycles. The predicted molar refractivity (Wildman–Crippen MR) is 82.2 cm³/mol. The summed E-state index contributed by atoms with van der Waals surface area (Å²) in [6, 6.07) is 8.53. The molecular weight excluding hydrogens is 321 g/mol. The molecule has 0 aliphatic heterocycles. The summed E-state index contributed by atoms with van der Waals surface area (Å²) in [6.45, 7) is 1.90. The number of rotatable bonds is 5. The van der Waals surface area contributed by atoms with Crippen LogP contribution < -0.4 is 10.6 Å². The monoisotopic (exact) mass is 336 g/mol. The number of aryl methyl sites for hydroxylation is 1. The summed E-state index contributed by atoms with van der Waals surface area (Å²) < 4.78 is 39.4. The minimum Gasteiger partial charge on any atom is -0.350 e. The Morgan fingerprint density at radius 3 is 2.04 bits per heavy atom. The smallest absolute Gasteiger partial charge is 0.254 e. The van der Waals surface area contributed by atoms with Crippen molar-refractivity contribution in [3.63, 3.8) is 0 Å². The van der Waals surface area contributed by atoms with Crippen molar-refractivity contribution >= 4 is 11.8 Å². The average Bonchev–Trinajstić information content (AvgIpc) is 2.56. The van der Waals surface area contributed by atoms with Crippen LogP contribution in [0.15, 0.2) is 36.4 Å². The Labute approximate surface area is 136 Å². The van der Waals surface area contributed by atoms with E-state index < -0.39 is 28.9 Å². The van der Waals surface area contributed by atoms with Gasteiger partial charge in [0.15, 0.2) is 17.5 Å². The van der Waals surface area contributed by atoms with Gasteiger partial charge in [-0.05, 0) is 30.7 Å². The van der Waals surface area contributed by atoms with Crippen molar-refractivity contribution in [2.24, 2.45) is 0 Å². The fourth-order valence-electron chi connectivity index (χ4n) is 2.07. The maximum absolute atomic E-state index is 13.5. The molecule has 2 rings (SSSR count). The number of benzene rings is 2. The van der Waals surface area contributed by atoms with Gasteiger partial charge in [0.05, 0.1) is 5.56 Å². The van der Waals surface area contributed by atoms with E-state index in [2.05, 4.69) is 10.6 Å². The molecule has 0 bridgehead atoms. The van der Waals surface area contributed by atoms with Crippen LogP contribution in [-0.2, 0) is 0 Å². The second-order valence-electron chi connectivity index (χ2n) is 5.05. The summed E-state index contributed by atoms with van der Waals surface area (Å²) >= 11 is 0. The molecule has 2 aromatic rings. The maximum atomic E-state index is 13.5. The molecule has 0 radical (unpaired) electrons. The number of carbonyl (C=O) groups excluding carboxylic acids is 2. The Bertz CT molecular complexity index is 778. The average molecular weight is 336 g/mol. The molecule has 0 saturated heterocycles. The minimum absolute atomic E-state index is 0.00882. The fraction of sp³-hybridized carbons (Fsp3) is 0.176. The van der Waals surface area contributed by atoms with Gasteiger partial charge in [0.2, 0.25) is 0 Å². The number of amides is 2. The van der Waals surface area contributed by atoms with Crippen molar-refractivity contribution in [3.05, 3.63) is 70.5 Å². The van der Waals surface area contributed by atoms with Gasteiger partial charge in [-0.3, -0.25) is 9.59 Å². The summed E-state index contributed by atoms with van der Waals surface area (Å²) in [4.78, 5) is 23.7. The number of nitrogens with one attached hydrogen (secondary N) is 2. The zero-order valence-electron chi connectivity index (χ0n) is 12.8. The third kappa shape index (κ3) is 3.92. The lowest BCUT2D eigenvalue weighted by Gasteiger charge is -2.09. The van der Waals surface area contributed by atoms with E-state index >= 15 is 0 Å². The van der Waals surface area contributed by atoms with Gasteiger partial charge in [0.1, 0.15) is 0 Å². The van der Waals surface area contributed by atoms with Crippen molar-refractivity contribution in [3.8, 4) is 0 Å². The molecule has 2 N–H and O–H groups in total. The molecule has 126 valence electrons. The first-order valence-corrected chi connectivity index (χ1v) is 7.17. The van der Waals surface area contributed by atoms with Crippen LogP contribution in [0.5, 0.6) is 0 Å². The van der Waals surface area contributed by atoms with Gasteiger partial charge in [0, 0.05) is 18.7 Å². The summed E-state index contributed by atoms with van der Waals surface area (Å²) in [5.74, 6) is -5.81. The Morgan fingerprint density at radius 1 is 0.833 bits per heavy atom. The van der Waals surface area contributed by atoms with E-state index in [1.807, 2.05) is 6.07 Å². The topological polar surface area (TPSA) is 58.2 Å². The molecule has 0 saturated carbocycles. The van der Waals surface area contributed by atoms with Gasteiger partial charge in [-0.25, -0.2) is 13.2 Å². The highest BCUT2D eigenvalue weighted by molar-refractivity contribution is 5.96. The normalized spacial score (nSPS) is 10.3. The molecule has 4 nitrogen and oxygen atoms in total. The van der Waals surface area contributed by atoms with E-state index in [0.29, 0.717) is 11.6 Å². The third-order valence-electron chi connectivity index (χ3n) is 3.37. The van der Waals surface area contributed by atoms with Crippen LogP contribution in [0.25, 0.3) is 0 Å². The lowest BCUT2D eigenvalue weighted by Crippen LogP contribution is -2.35. The highest BCUT2D eigenvalue weighted by Gasteiger charge is 2.18. The fourth-order valence-corrected chi connectivity index (χ4v) is 2.07. The van der Waals surface area contributed by atoms with E-state index in [9.17, 15) is 22.8 Å². The minimum atomic E-state index is -1.70. The van der Waals surface area contributed by atoms with Crippen LogP contribution in [0.4, 0.5) is 13.2 Å². The van der Waals surface area contributed by atoms with Gasteiger partial charge < -0.3 is 10.6 Å². The molecule has 2 aromatic carbocycles. The lowest BCUT2D eigenvalue weighted by molar-refractivity contribution is 0.0924. The quantitative estimate of drug-likeness (QED) is 0.651. The standard InChI is InChI=1S/C17H15F3N2O2/c1-10-4-2-3-5-11(10)16(23)21-8-9-22-17(24)12-6-7-13(18)15(20)14(12)19/h2-7H,8-9H2,1H3,(H,21,23)(H,22,24). The Balaban J connectivity index is 1.87. The molecule has 0 aliphatic rings. The van der Waals surface area contributed by atoms with Crippen molar-refractivity contribution < 1.29 is 22.8 Å². The highest BCUT2D eigenvalue weighted by Crippen LogP contribution is 2.14. The van der Waals surface area contributed by atoms with Gasteiger partial charge in [-0.1, -0.05) is 18.2 Å². The van der Waals surface area contributed by atoms with E-state index in [0.717, 1.165) is 11.6 Å². The van der Waals surface area contributed by atoms with Gasteiger partial charge in [-0.2, -0.15) is 0 Å². The van der Waals surface area contributed by atoms with E-state index in [1.54, 1.807) is 25.1 Å². The van der Waals surface area contributed by atoms with Crippen LogP contribution in [0.2, 0.25) is 0 Å². The molecular formula is C17H15F3N2O2. The Morgan fingerprint density at radius 2 is 1.42 bits per heavy atom. The van der Waals surface area contributed by atoms with Crippen molar-refractivity contribution in [1.29, 1.82) is 0 Å². The highest BCUT2D eigenvalue weighted by atomic mass is 19.2. The van der Waals surface area contributed by atoms with Crippen molar-refractivity contribution in [1.82, 2.24) is 10.6 Å². The van der Waals surface area contributed by atoms with E-state index in [-0.39, 0.29) is 19.0 Å². The van der Waals surface area contributed by atoms with Crippen LogP contribution in [0.3, 0.4) is 0 Å². The zero-order valence-corrected chi connectivity index (χ0v) is 12.8. The van der Waals surface area contributed by atoms with Crippen LogP contribution in [0.1, 0.15) is 26.3 Å².